The first-order valence-electron chi connectivity index (χ1n) is 12.4. The van der Waals surface area contributed by atoms with Crippen molar-refractivity contribution >= 4 is 24.8 Å². The summed E-state index contributed by atoms with van der Waals surface area (Å²) in [4.78, 5) is 11.9. The molecule has 3 aromatic heterocycles. The summed E-state index contributed by atoms with van der Waals surface area (Å²) in [6.45, 7) is 6.43. The number of hydrogen-bond donors (Lipinski definition) is 1. The van der Waals surface area contributed by atoms with E-state index >= 15 is 0 Å². The number of anilines is 1. The topological polar surface area (TPSA) is 58.4 Å². The van der Waals surface area contributed by atoms with Gasteiger partial charge in [0.1, 0.15) is 13.7 Å². The molecule has 4 heterocycles. The minimum Gasteiger partial charge on any atom is -0.366 e. The Kier molecular flexibility index (Phi) is 6.91. The van der Waals surface area contributed by atoms with Gasteiger partial charge in [0, 0.05) is 43.7 Å². The predicted molar refractivity (Wildman–Crippen MR) is 141 cm³/mol. The van der Waals surface area contributed by atoms with Crippen molar-refractivity contribution in [2.24, 2.45) is 0 Å². The van der Waals surface area contributed by atoms with Gasteiger partial charge in [0.05, 0.1) is 5.69 Å². The number of nitrogens with one attached hydrogen (secondary N) is 1. The summed E-state index contributed by atoms with van der Waals surface area (Å²) in [5, 5.41) is 8.15. The van der Waals surface area contributed by atoms with E-state index in [1.165, 1.54) is 37.1 Å². The van der Waals surface area contributed by atoms with Crippen molar-refractivity contribution in [1.29, 1.82) is 0 Å². The predicted octanol–water partition coefficient (Wildman–Crippen LogP) is 3.37. The van der Waals surface area contributed by atoms with Gasteiger partial charge >= 0.3 is 0 Å². The van der Waals surface area contributed by atoms with Gasteiger partial charge in [0.2, 0.25) is 0 Å². The average molecular weight is 452 g/mol. The van der Waals surface area contributed by atoms with Crippen LogP contribution >= 0.6 is 0 Å². The first-order chi connectivity index (χ1) is 16.7. The highest BCUT2D eigenvalue weighted by Gasteiger charge is 2.24. The molecule has 1 N–H and O–H groups in total. The first kappa shape index (κ1) is 22.6. The standard InChI is InChI=1S/C27H33BN6/c1-20(22-8-3-2-4-9-22)11-14-33-13-6-10-23(19-33)25-15-26(30-17-21-7-5-12-29-16-21)34-27(32-25)24(28)18-31-34/h2-5,7-9,12,15-16,18,20,23,30H,6,10-11,13-14,17,19,28H2,1H3. The lowest BCUT2D eigenvalue weighted by Crippen LogP contribution is -2.36. The van der Waals surface area contributed by atoms with Gasteiger partial charge in [-0.1, -0.05) is 43.3 Å². The van der Waals surface area contributed by atoms with Gasteiger partial charge in [0.25, 0.3) is 0 Å². The molecule has 1 fully saturated rings. The van der Waals surface area contributed by atoms with Crippen molar-refractivity contribution in [3.63, 3.8) is 0 Å². The van der Waals surface area contributed by atoms with Crippen molar-refractivity contribution in [1.82, 2.24) is 24.5 Å². The summed E-state index contributed by atoms with van der Waals surface area (Å²) in [5.74, 6) is 2.01. The van der Waals surface area contributed by atoms with Crippen molar-refractivity contribution in [3.05, 3.63) is 83.9 Å². The lowest BCUT2D eigenvalue weighted by Gasteiger charge is -2.33. The minimum atomic E-state index is 0.444. The fraction of sp³-hybridized carbons (Fsp3) is 0.370. The third-order valence-electron chi connectivity index (χ3n) is 7.04. The van der Waals surface area contributed by atoms with Crippen LogP contribution in [0.2, 0.25) is 0 Å². The van der Waals surface area contributed by atoms with E-state index in [-0.39, 0.29) is 0 Å². The number of nitrogens with zero attached hydrogens (tertiary/aromatic N) is 5. The summed E-state index contributed by atoms with van der Waals surface area (Å²) < 4.78 is 1.93. The second kappa shape index (κ2) is 10.4. The van der Waals surface area contributed by atoms with E-state index < -0.39 is 0 Å². The van der Waals surface area contributed by atoms with E-state index in [1.54, 1.807) is 6.20 Å². The first-order valence-corrected chi connectivity index (χ1v) is 12.4. The van der Waals surface area contributed by atoms with Crippen LogP contribution in [0, 0.1) is 0 Å². The number of hydrogen-bond acceptors (Lipinski definition) is 5. The maximum atomic E-state index is 5.07. The van der Waals surface area contributed by atoms with Gasteiger partial charge in [-0.2, -0.15) is 9.61 Å². The fourth-order valence-corrected chi connectivity index (χ4v) is 4.95. The fourth-order valence-electron chi connectivity index (χ4n) is 4.95. The normalized spacial score (nSPS) is 17.6. The monoisotopic (exact) mass is 452 g/mol. The van der Waals surface area contributed by atoms with Crippen molar-refractivity contribution in [2.45, 2.75) is 44.6 Å². The summed E-state index contributed by atoms with van der Waals surface area (Å²) in [7, 11) is 2.09. The Balaban J connectivity index is 1.30. The lowest BCUT2D eigenvalue weighted by atomic mass is 9.92. The van der Waals surface area contributed by atoms with Gasteiger partial charge in [0.15, 0.2) is 5.65 Å². The Morgan fingerprint density at radius 3 is 2.85 bits per heavy atom. The Morgan fingerprint density at radius 1 is 1.15 bits per heavy atom. The number of likely N-dealkylation sites (tertiary alicyclic amines) is 1. The molecule has 7 heteroatoms. The molecule has 1 saturated heterocycles. The van der Waals surface area contributed by atoms with E-state index in [0.29, 0.717) is 18.4 Å². The molecule has 1 aromatic carbocycles. The number of aromatic nitrogens is 4. The number of pyridine rings is 1. The molecule has 174 valence electrons. The zero-order chi connectivity index (χ0) is 23.3. The minimum absolute atomic E-state index is 0.444. The Bertz CT molecular complexity index is 1210. The number of fused-ring (bicyclic) bond motifs is 1. The van der Waals surface area contributed by atoms with E-state index in [2.05, 4.69) is 77.5 Å². The highest BCUT2D eigenvalue weighted by molar-refractivity contribution is 6.36. The van der Waals surface area contributed by atoms with E-state index in [1.807, 2.05) is 23.0 Å². The number of rotatable bonds is 8. The molecule has 1 aliphatic heterocycles. The van der Waals surface area contributed by atoms with Gasteiger partial charge in [-0.25, -0.2) is 4.98 Å². The molecule has 0 amide bonds. The second-order valence-corrected chi connectivity index (χ2v) is 9.58. The summed E-state index contributed by atoms with van der Waals surface area (Å²) in [5.41, 5.74) is 5.81. The summed E-state index contributed by atoms with van der Waals surface area (Å²) >= 11 is 0. The van der Waals surface area contributed by atoms with E-state index in [9.17, 15) is 0 Å². The molecule has 2 atom stereocenters. The third kappa shape index (κ3) is 5.15. The molecule has 2 unspecified atom stereocenters. The average Bonchev–Trinajstić information content (AvgIpc) is 3.28. The van der Waals surface area contributed by atoms with Gasteiger partial charge in [-0.3, -0.25) is 4.98 Å². The van der Waals surface area contributed by atoms with Crippen LogP contribution < -0.4 is 10.8 Å². The van der Waals surface area contributed by atoms with Gasteiger partial charge in [-0.05, 0) is 60.9 Å². The van der Waals surface area contributed by atoms with Crippen LogP contribution in [0.15, 0.2) is 67.1 Å². The molecule has 1 aliphatic rings. The smallest absolute Gasteiger partial charge is 0.151 e. The van der Waals surface area contributed by atoms with E-state index in [0.717, 1.165) is 35.6 Å². The highest BCUT2D eigenvalue weighted by Crippen LogP contribution is 2.29. The molecule has 0 bridgehead atoms. The SMILES string of the molecule is Bc1cnn2c(NCc3cccnc3)cc(C3CCCN(CCC(C)c4ccccc4)C3)nc12. The largest absolute Gasteiger partial charge is 0.366 e. The van der Waals surface area contributed by atoms with Crippen molar-refractivity contribution in [3.8, 4) is 0 Å². The highest BCUT2D eigenvalue weighted by atomic mass is 15.3. The van der Waals surface area contributed by atoms with Crippen LogP contribution in [-0.2, 0) is 6.54 Å². The molecular formula is C27H33BN6. The molecule has 0 aliphatic carbocycles. The molecule has 5 rings (SSSR count). The maximum Gasteiger partial charge on any atom is 0.151 e. The molecule has 34 heavy (non-hydrogen) atoms. The van der Waals surface area contributed by atoms with Crippen LogP contribution in [0.25, 0.3) is 5.65 Å². The lowest BCUT2D eigenvalue weighted by molar-refractivity contribution is 0.200. The van der Waals surface area contributed by atoms with Crippen molar-refractivity contribution in [2.75, 3.05) is 25.0 Å². The zero-order valence-electron chi connectivity index (χ0n) is 20.2. The van der Waals surface area contributed by atoms with Crippen LogP contribution in [0.4, 0.5) is 5.82 Å². The van der Waals surface area contributed by atoms with Crippen LogP contribution in [0.5, 0.6) is 0 Å². The second-order valence-electron chi connectivity index (χ2n) is 9.58. The Morgan fingerprint density at radius 2 is 2.03 bits per heavy atom. The Labute approximate surface area is 202 Å². The molecule has 0 radical (unpaired) electrons. The maximum absolute atomic E-state index is 5.07. The van der Waals surface area contributed by atoms with Crippen molar-refractivity contribution < 1.29 is 0 Å². The molecule has 6 nitrogen and oxygen atoms in total. The molecule has 0 spiro atoms. The third-order valence-corrected chi connectivity index (χ3v) is 7.04. The van der Waals surface area contributed by atoms with Crippen LogP contribution in [0.1, 0.15) is 54.8 Å². The quantitative estimate of drug-likeness (QED) is 0.416. The van der Waals surface area contributed by atoms with Gasteiger partial charge < -0.3 is 10.2 Å². The summed E-state index contributed by atoms with van der Waals surface area (Å²) in [6, 6.07) is 17.1. The summed E-state index contributed by atoms with van der Waals surface area (Å²) in [6.07, 6.45) is 9.19. The van der Waals surface area contributed by atoms with Gasteiger partial charge in [-0.15, -0.1) is 0 Å². The van der Waals surface area contributed by atoms with Crippen LogP contribution in [-0.4, -0.2) is 52.0 Å². The number of piperidine rings is 1. The van der Waals surface area contributed by atoms with E-state index in [4.69, 9.17) is 4.98 Å². The number of benzene rings is 1. The zero-order valence-corrected chi connectivity index (χ0v) is 20.2. The molecule has 4 aromatic rings. The van der Waals surface area contributed by atoms with Crippen LogP contribution in [0.3, 0.4) is 0 Å². The Hall–Kier alpha value is -3.19. The molecular weight excluding hydrogens is 419 g/mol. The molecule has 0 saturated carbocycles.